The van der Waals surface area contributed by atoms with Gasteiger partial charge in [-0.3, -0.25) is 4.99 Å². The Morgan fingerprint density at radius 3 is 2.67 bits per heavy atom. The summed E-state index contributed by atoms with van der Waals surface area (Å²) in [6.45, 7) is 9.64. The smallest absolute Gasteiger partial charge is 0.0965 e. The number of aliphatic imine (C=N–C) groups is 1. The van der Waals surface area contributed by atoms with Gasteiger partial charge in [0, 0.05) is 51.8 Å². The van der Waals surface area contributed by atoms with Crippen molar-refractivity contribution in [2.24, 2.45) is 4.99 Å². The van der Waals surface area contributed by atoms with E-state index in [2.05, 4.69) is 51.7 Å². The first-order chi connectivity index (χ1) is 8.51. The molecule has 5 heteroatoms. The van der Waals surface area contributed by atoms with Crippen LogP contribution < -0.4 is 5.32 Å². The van der Waals surface area contributed by atoms with Gasteiger partial charge in [-0.05, 0) is 36.0 Å². The average molecular weight is 317 g/mol. The third kappa shape index (κ3) is 8.31. The minimum absolute atomic E-state index is 0.551. The molecule has 0 aliphatic rings. The predicted octanol–water partition coefficient (Wildman–Crippen LogP) is 2.60. The highest BCUT2D eigenvalue weighted by Crippen LogP contribution is 2.09. The van der Waals surface area contributed by atoms with Crippen LogP contribution in [-0.2, 0) is 0 Å². The highest BCUT2D eigenvalue weighted by Gasteiger charge is 2.01. The molecule has 0 rings (SSSR count). The zero-order valence-corrected chi connectivity index (χ0v) is 13.4. The van der Waals surface area contributed by atoms with E-state index in [1.807, 2.05) is 31.4 Å². The van der Waals surface area contributed by atoms with Crippen molar-refractivity contribution in [3.63, 3.8) is 0 Å². The Bertz CT molecular complexity index is 287. The van der Waals surface area contributed by atoms with E-state index in [1.54, 1.807) is 6.20 Å². The van der Waals surface area contributed by atoms with Crippen LogP contribution in [0.1, 0.15) is 20.3 Å². The summed E-state index contributed by atoms with van der Waals surface area (Å²) in [5.74, 6) is 0. The van der Waals surface area contributed by atoms with Crippen molar-refractivity contribution >= 4 is 22.6 Å². The first-order valence-electron chi connectivity index (χ1n) is 6.17. The van der Waals surface area contributed by atoms with Gasteiger partial charge < -0.3 is 15.1 Å². The topological polar surface area (TPSA) is 30.9 Å². The molecule has 0 spiro atoms. The van der Waals surface area contributed by atoms with E-state index in [9.17, 15) is 0 Å². The number of nitrogens with one attached hydrogen (secondary N) is 1. The van der Waals surface area contributed by atoms with E-state index in [0.717, 1.165) is 24.1 Å². The van der Waals surface area contributed by atoms with Gasteiger partial charge in [-0.1, -0.05) is 6.92 Å². The fourth-order valence-corrected chi connectivity index (χ4v) is 1.41. The van der Waals surface area contributed by atoms with Crippen LogP contribution in [0.5, 0.6) is 0 Å². The lowest BCUT2D eigenvalue weighted by Gasteiger charge is -2.20. The minimum atomic E-state index is 0.551. The van der Waals surface area contributed by atoms with Crippen LogP contribution in [0.15, 0.2) is 28.2 Å². The summed E-state index contributed by atoms with van der Waals surface area (Å²) < 4.78 is 1.01. The number of hydrogen-bond acceptors (Lipinski definition) is 4. The fraction of sp³-hybridized carbons (Fsp3) is 0.615. The second kappa shape index (κ2) is 10.1. The van der Waals surface area contributed by atoms with Crippen molar-refractivity contribution in [3.8, 4) is 0 Å². The van der Waals surface area contributed by atoms with Crippen molar-refractivity contribution in [3.05, 3.63) is 23.2 Å². The number of rotatable bonds is 9. The third-order valence-electron chi connectivity index (χ3n) is 2.54. The summed E-state index contributed by atoms with van der Waals surface area (Å²) >= 11 is 3.51. The molecule has 0 heterocycles. The zero-order chi connectivity index (χ0) is 14.0. The lowest BCUT2D eigenvalue weighted by atomic mass is 10.2. The molecule has 18 heavy (non-hydrogen) atoms. The van der Waals surface area contributed by atoms with Gasteiger partial charge in [-0.25, -0.2) is 0 Å². The Kier molecular flexibility index (Phi) is 9.69. The Balaban J connectivity index is 4.36. The van der Waals surface area contributed by atoms with Crippen LogP contribution in [0.3, 0.4) is 0 Å². The van der Waals surface area contributed by atoms with Crippen LogP contribution in [-0.4, -0.2) is 49.7 Å². The minimum Gasteiger partial charge on any atom is -0.371 e. The molecule has 1 atom stereocenters. The standard InChI is InChI=1S/C13H25BrN4/c1-6-12(2)16-8-10-18(9-7-15-3)11-13(14)17(4)5/h7,9,11-12,16H,3,6,8,10H2,1-2,4-5H3/b9-7-,13-11-. The van der Waals surface area contributed by atoms with Crippen LogP contribution in [0, 0.1) is 0 Å². The van der Waals surface area contributed by atoms with E-state index in [4.69, 9.17) is 0 Å². The molecule has 0 saturated carbocycles. The van der Waals surface area contributed by atoms with Gasteiger partial charge in [-0.2, -0.15) is 0 Å². The monoisotopic (exact) mass is 316 g/mol. The van der Waals surface area contributed by atoms with Gasteiger partial charge in [0.2, 0.25) is 0 Å². The Labute approximate surface area is 120 Å². The quantitative estimate of drug-likeness (QED) is 0.524. The highest BCUT2D eigenvalue weighted by molar-refractivity contribution is 9.11. The van der Waals surface area contributed by atoms with Crippen molar-refractivity contribution in [1.82, 2.24) is 15.1 Å². The summed E-state index contributed by atoms with van der Waals surface area (Å²) in [5, 5.41) is 3.46. The zero-order valence-electron chi connectivity index (χ0n) is 11.9. The highest BCUT2D eigenvalue weighted by atomic mass is 79.9. The molecule has 0 saturated heterocycles. The summed E-state index contributed by atoms with van der Waals surface area (Å²) in [4.78, 5) is 7.82. The normalized spacial score (nSPS) is 13.7. The molecule has 1 unspecified atom stereocenters. The number of halogens is 1. The molecule has 0 radical (unpaired) electrons. The van der Waals surface area contributed by atoms with Crippen molar-refractivity contribution in [1.29, 1.82) is 0 Å². The van der Waals surface area contributed by atoms with E-state index >= 15 is 0 Å². The Hall–Kier alpha value is -0.810. The van der Waals surface area contributed by atoms with E-state index in [-0.39, 0.29) is 0 Å². The molecular weight excluding hydrogens is 292 g/mol. The van der Waals surface area contributed by atoms with Gasteiger partial charge in [0.1, 0.15) is 0 Å². The summed E-state index contributed by atoms with van der Waals surface area (Å²) in [6.07, 6.45) is 6.77. The summed E-state index contributed by atoms with van der Waals surface area (Å²) in [6, 6.07) is 0.551. The second-order valence-corrected chi connectivity index (χ2v) is 5.14. The first-order valence-corrected chi connectivity index (χ1v) is 6.96. The van der Waals surface area contributed by atoms with E-state index in [0.29, 0.717) is 6.04 Å². The van der Waals surface area contributed by atoms with Crippen molar-refractivity contribution in [2.75, 3.05) is 27.2 Å². The molecule has 0 bridgehead atoms. The molecule has 0 aliphatic heterocycles. The molecule has 4 nitrogen and oxygen atoms in total. The average Bonchev–Trinajstić information content (AvgIpc) is 2.34. The van der Waals surface area contributed by atoms with Gasteiger partial charge >= 0.3 is 0 Å². The van der Waals surface area contributed by atoms with Crippen LogP contribution in [0.2, 0.25) is 0 Å². The van der Waals surface area contributed by atoms with Crippen LogP contribution >= 0.6 is 15.9 Å². The maximum atomic E-state index is 3.74. The number of nitrogens with zero attached hydrogens (tertiary/aromatic N) is 3. The van der Waals surface area contributed by atoms with Gasteiger partial charge in [0.15, 0.2) is 0 Å². The maximum Gasteiger partial charge on any atom is 0.0965 e. The molecule has 1 N–H and O–H groups in total. The van der Waals surface area contributed by atoms with Gasteiger partial charge in [-0.15, -0.1) is 0 Å². The maximum absolute atomic E-state index is 3.74. The van der Waals surface area contributed by atoms with Crippen LogP contribution in [0.25, 0.3) is 0 Å². The lowest BCUT2D eigenvalue weighted by Crippen LogP contribution is -2.32. The Morgan fingerprint density at radius 1 is 1.50 bits per heavy atom. The van der Waals surface area contributed by atoms with E-state index < -0.39 is 0 Å². The molecule has 0 aliphatic carbocycles. The predicted molar refractivity (Wildman–Crippen MR) is 83.8 cm³/mol. The number of hydrogen-bond donors (Lipinski definition) is 1. The van der Waals surface area contributed by atoms with Crippen LogP contribution in [0.4, 0.5) is 0 Å². The van der Waals surface area contributed by atoms with Gasteiger partial charge in [0.05, 0.1) is 4.61 Å². The summed E-state index contributed by atoms with van der Waals surface area (Å²) in [5.41, 5.74) is 0. The van der Waals surface area contributed by atoms with E-state index in [1.165, 1.54) is 0 Å². The molecule has 0 aromatic heterocycles. The lowest BCUT2D eigenvalue weighted by molar-refractivity contribution is 0.437. The molecule has 104 valence electrons. The second-order valence-electron chi connectivity index (χ2n) is 4.33. The fourth-order valence-electron chi connectivity index (χ4n) is 1.15. The summed E-state index contributed by atoms with van der Waals surface area (Å²) in [7, 11) is 3.98. The molecule has 0 amide bonds. The molecule has 0 fully saturated rings. The third-order valence-corrected chi connectivity index (χ3v) is 3.45. The molecule has 0 aromatic carbocycles. The molecule has 0 aromatic rings. The SMILES string of the molecule is C=N/C=C\N(/C=C(/Br)N(C)C)CCNC(C)CC. The Morgan fingerprint density at radius 2 is 2.17 bits per heavy atom. The largest absolute Gasteiger partial charge is 0.371 e. The first kappa shape index (κ1) is 17.2. The van der Waals surface area contributed by atoms with Crippen molar-refractivity contribution < 1.29 is 0 Å². The van der Waals surface area contributed by atoms with Crippen molar-refractivity contribution in [2.45, 2.75) is 26.3 Å². The molecular formula is C13H25BrN4. The van der Waals surface area contributed by atoms with Gasteiger partial charge in [0.25, 0.3) is 0 Å².